The van der Waals surface area contributed by atoms with E-state index in [0.29, 0.717) is 29.4 Å². The Morgan fingerprint density at radius 1 is 1.19 bits per heavy atom. The minimum absolute atomic E-state index is 0.233. The van der Waals surface area contributed by atoms with Gasteiger partial charge in [-0.05, 0) is 48.8 Å². The summed E-state index contributed by atoms with van der Waals surface area (Å²) in [5.41, 5.74) is 1.96. The van der Waals surface area contributed by atoms with E-state index in [1.54, 1.807) is 23.9 Å². The van der Waals surface area contributed by atoms with Gasteiger partial charge < -0.3 is 15.0 Å². The third-order valence-electron chi connectivity index (χ3n) is 3.93. The predicted octanol–water partition coefficient (Wildman–Crippen LogP) is 2.07. The normalized spacial score (nSPS) is 10.8. The van der Waals surface area contributed by atoms with Crippen LogP contribution in [0.15, 0.2) is 48.5 Å². The van der Waals surface area contributed by atoms with Crippen LogP contribution in [-0.2, 0) is 7.05 Å². The molecule has 0 atom stereocenters. The first-order valence-corrected chi connectivity index (χ1v) is 8.55. The van der Waals surface area contributed by atoms with Gasteiger partial charge in [-0.15, -0.1) is 5.10 Å². The van der Waals surface area contributed by atoms with E-state index >= 15 is 0 Å². The molecule has 2 aromatic carbocycles. The lowest BCUT2D eigenvalue weighted by molar-refractivity contribution is 0.102. The Bertz CT molecular complexity index is 922. The van der Waals surface area contributed by atoms with Crippen LogP contribution in [-0.4, -0.2) is 58.3 Å². The van der Waals surface area contributed by atoms with Crippen LogP contribution < -0.4 is 10.1 Å². The van der Waals surface area contributed by atoms with Gasteiger partial charge in [-0.25, -0.2) is 4.68 Å². The molecule has 0 bridgehead atoms. The van der Waals surface area contributed by atoms with Crippen LogP contribution in [0.3, 0.4) is 0 Å². The molecule has 0 aliphatic heterocycles. The van der Waals surface area contributed by atoms with Crippen molar-refractivity contribution in [3.8, 4) is 17.1 Å². The van der Waals surface area contributed by atoms with Crippen molar-refractivity contribution in [1.82, 2.24) is 25.1 Å². The van der Waals surface area contributed by atoms with Crippen LogP contribution in [0.25, 0.3) is 11.4 Å². The topological polar surface area (TPSA) is 85.2 Å². The Morgan fingerprint density at radius 3 is 2.74 bits per heavy atom. The summed E-state index contributed by atoms with van der Waals surface area (Å²) in [5.74, 6) is 0.952. The third kappa shape index (κ3) is 4.68. The maximum absolute atomic E-state index is 12.7. The molecule has 1 aromatic heterocycles. The summed E-state index contributed by atoms with van der Waals surface area (Å²) in [4.78, 5) is 14.8. The zero-order valence-electron chi connectivity index (χ0n) is 15.6. The van der Waals surface area contributed by atoms with Crippen molar-refractivity contribution in [2.45, 2.75) is 0 Å². The van der Waals surface area contributed by atoms with E-state index in [-0.39, 0.29) is 5.91 Å². The monoisotopic (exact) mass is 366 g/mol. The lowest BCUT2D eigenvalue weighted by atomic mass is 10.1. The van der Waals surface area contributed by atoms with Crippen molar-refractivity contribution in [3.05, 3.63) is 54.1 Å². The van der Waals surface area contributed by atoms with E-state index < -0.39 is 0 Å². The van der Waals surface area contributed by atoms with Gasteiger partial charge in [-0.3, -0.25) is 4.79 Å². The lowest BCUT2D eigenvalue weighted by Gasteiger charge is -2.14. The summed E-state index contributed by atoms with van der Waals surface area (Å²) in [7, 11) is 5.71. The smallest absolute Gasteiger partial charge is 0.259 e. The highest BCUT2D eigenvalue weighted by Gasteiger charge is 2.13. The molecule has 1 heterocycles. The molecule has 3 aromatic rings. The molecule has 0 unspecified atom stereocenters. The molecule has 3 rings (SSSR count). The number of likely N-dealkylation sites (N-methyl/N-ethyl adjacent to an activating group) is 1. The number of carbonyl (C=O) groups excluding carboxylic acids is 1. The molecular weight excluding hydrogens is 344 g/mol. The maximum Gasteiger partial charge on any atom is 0.259 e. The van der Waals surface area contributed by atoms with E-state index in [4.69, 9.17) is 4.74 Å². The zero-order chi connectivity index (χ0) is 19.2. The fraction of sp³-hybridized carbons (Fsp3) is 0.263. The quantitative estimate of drug-likeness (QED) is 0.689. The molecule has 8 heteroatoms. The van der Waals surface area contributed by atoms with Crippen molar-refractivity contribution in [1.29, 1.82) is 0 Å². The molecule has 0 radical (unpaired) electrons. The molecule has 140 valence electrons. The zero-order valence-corrected chi connectivity index (χ0v) is 15.6. The number of nitrogens with zero attached hydrogens (tertiary/aromatic N) is 5. The summed E-state index contributed by atoms with van der Waals surface area (Å²) >= 11 is 0. The van der Waals surface area contributed by atoms with Crippen LogP contribution in [0.4, 0.5) is 5.69 Å². The number of amides is 1. The maximum atomic E-state index is 12.7. The van der Waals surface area contributed by atoms with Crippen molar-refractivity contribution >= 4 is 11.6 Å². The molecule has 8 nitrogen and oxygen atoms in total. The SMILES string of the molecule is CN(C)CCOc1ccccc1C(=O)Nc1cccc(-c2nnnn2C)c1. The standard InChI is InChI=1S/C19H22N6O2/c1-24(2)11-12-27-17-10-5-4-9-16(17)19(26)20-15-8-6-7-14(13-15)18-21-22-23-25(18)3/h4-10,13H,11-12H2,1-3H3,(H,20,26). The third-order valence-corrected chi connectivity index (χ3v) is 3.93. The largest absolute Gasteiger partial charge is 0.491 e. The summed E-state index contributed by atoms with van der Waals surface area (Å²) in [6.45, 7) is 1.27. The van der Waals surface area contributed by atoms with E-state index in [9.17, 15) is 4.79 Å². The average molecular weight is 366 g/mol. The molecule has 1 N–H and O–H groups in total. The Kier molecular flexibility index (Phi) is 5.77. The highest BCUT2D eigenvalue weighted by atomic mass is 16.5. The Morgan fingerprint density at radius 2 is 2.00 bits per heavy atom. The van der Waals surface area contributed by atoms with Gasteiger partial charge in [0, 0.05) is 24.8 Å². The number of ether oxygens (including phenoxy) is 1. The number of aromatic nitrogens is 4. The van der Waals surface area contributed by atoms with Gasteiger partial charge in [0.2, 0.25) is 0 Å². The number of nitrogens with one attached hydrogen (secondary N) is 1. The second kappa shape index (κ2) is 8.41. The van der Waals surface area contributed by atoms with Crippen LogP contribution in [0.2, 0.25) is 0 Å². The molecular formula is C19H22N6O2. The van der Waals surface area contributed by atoms with Crippen LogP contribution in [0, 0.1) is 0 Å². The molecule has 0 spiro atoms. The number of aryl methyl sites for hydroxylation is 1. The first kappa shape index (κ1) is 18.5. The minimum Gasteiger partial charge on any atom is -0.491 e. The predicted molar refractivity (Wildman–Crippen MR) is 103 cm³/mol. The van der Waals surface area contributed by atoms with Gasteiger partial charge >= 0.3 is 0 Å². The lowest BCUT2D eigenvalue weighted by Crippen LogP contribution is -2.20. The van der Waals surface area contributed by atoms with E-state index in [1.165, 1.54) is 0 Å². The highest BCUT2D eigenvalue weighted by Crippen LogP contribution is 2.22. The average Bonchev–Trinajstić information content (AvgIpc) is 3.08. The summed E-state index contributed by atoms with van der Waals surface area (Å²) < 4.78 is 7.35. The number of carbonyl (C=O) groups is 1. The summed E-state index contributed by atoms with van der Waals surface area (Å²) in [5, 5.41) is 14.4. The highest BCUT2D eigenvalue weighted by molar-refractivity contribution is 6.06. The molecule has 0 aliphatic rings. The van der Waals surface area contributed by atoms with E-state index in [2.05, 4.69) is 20.8 Å². The fourth-order valence-electron chi connectivity index (χ4n) is 2.53. The van der Waals surface area contributed by atoms with Gasteiger partial charge in [-0.2, -0.15) is 0 Å². The number of tetrazole rings is 1. The number of hydrogen-bond acceptors (Lipinski definition) is 6. The second-order valence-electron chi connectivity index (χ2n) is 6.31. The van der Waals surface area contributed by atoms with Crippen LogP contribution in [0.5, 0.6) is 5.75 Å². The number of hydrogen-bond donors (Lipinski definition) is 1. The molecule has 27 heavy (non-hydrogen) atoms. The summed E-state index contributed by atoms with van der Waals surface area (Å²) in [6, 6.07) is 14.6. The number of anilines is 1. The van der Waals surface area contributed by atoms with E-state index in [0.717, 1.165) is 12.1 Å². The van der Waals surface area contributed by atoms with Crippen molar-refractivity contribution in [3.63, 3.8) is 0 Å². The molecule has 0 aliphatic carbocycles. The van der Waals surface area contributed by atoms with Gasteiger partial charge in [0.05, 0.1) is 5.56 Å². The fourth-order valence-corrected chi connectivity index (χ4v) is 2.53. The van der Waals surface area contributed by atoms with Crippen molar-refractivity contribution in [2.75, 3.05) is 32.6 Å². The minimum atomic E-state index is -0.233. The van der Waals surface area contributed by atoms with Gasteiger partial charge in [0.1, 0.15) is 12.4 Å². The molecule has 0 saturated carbocycles. The van der Waals surface area contributed by atoms with Crippen LogP contribution in [0.1, 0.15) is 10.4 Å². The van der Waals surface area contributed by atoms with Crippen molar-refractivity contribution in [2.24, 2.45) is 7.05 Å². The number of benzene rings is 2. The Hall–Kier alpha value is -3.26. The molecule has 1 amide bonds. The van der Waals surface area contributed by atoms with Gasteiger partial charge in [-0.1, -0.05) is 24.3 Å². The number of para-hydroxylation sites is 1. The van der Waals surface area contributed by atoms with Gasteiger partial charge in [0.25, 0.3) is 5.91 Å². The second-order valence-corrected chi connectivity index (χ2v) is 6.31. The summed E-state index contributed by atoms with van der Waals surface area (Å²) in [6.07, 6.45) is 0. The number of rotatable bonds is 7. The van der Waals surface area contributed by atoms with Crippen LogP contribution >= 0.6 is 0 Å². The first-order chi connectivity index (χ1) is 13.0. The Balaban J connectivity index is 1.75. The van der Waals surface area contributed by atoms with Gasteiger partial charge in [0.15, 0.2) is 5.82 Å². The first-order valence-electron chi connectivity index (χ1n) is 8.55. The van der Waals surface area contributed by atoms with Crippen molar-refractivity contribution < 1.29 is 9.53 Å². The Labute approximate surface area is 157 Å². The van der Waals surface area contributed by atoms with E-state index in [1.807, 2.05) is 55.4 Å². The molecule has 0 saturated heterocycles. The molecule has 0 fully saturated rings.